The summed E-state index contributed by atoms with van der Waals surface area (Å²) in [5.41, 5.74) is 8.67. The zero-order valence-electron chi connectivity index (χ0n) is 35.0. The number of nitrogens with one attached hydrogen (secondary N) is 1. The third kappa shape index (κ3) is 9.09. The highest BCUT2D eigenvalue weighted by molar-refractivity contribution is 7.62. The number of benzene rings is 4. The van der Waals surface area contributed by atoms with Crippen molar-refractivity contribution in [3.8, 4) is 5.75 Å². The van der Waals surface area contributed by atoms with E-state index in [1.807, 2.05) is 87.5 Å². The fourth-order valence-corrected chi connectivity index (χ4v) is 10.5. The van der Waals surface area contributed by atoms with Crippen LogP contribution in [0.4, 0.5) is 0 Å². The van der Waals surface area contributed by atoms with Crippen LogP contribution in [-0.4, -0.2) is 49.4 Å². The van der Waals surface area contributed by atoms with Crippen LogP contribution in [0.2, 0.25) is 0 Å². The number of ether oxygens (including phenoxy) is 2. The fourth-order valence-electron chi connectivity index (χ4n) is 8.95. The molecule has 1 amide bonds. The first-order valence-corrected chi connectivity index (χ1v) is 21.9. The molecule has 13 heteroatoms. The molecule has 2 bridgehead atoms. The Morgan fingerprint density at radius 2 is 1.49 bits per heavy atom. The van der Waals surface area contributed by atoms with Gasteiger partial charge >= 0.3 is 20.7 Å². The molecule has 4 fully saturated rings. The SMILES string of the molecule is COc1c(C[C@H](NC(=O)C(N)c2ccc(P(=O)(OCc3ccccc3)OCc3ccccc3)cc2)B2O[C@@H]3C[C@@H]4C[C@@H](C4(C)C)[C@]3(C)O2)cccc1C(=O)OC(C)(C)C. The Morgan fingerprint density at radius 3 is 2.05 bits per heavy atom. The van der Waals surface area contributed by atoms with Gasteiger partial charge in [-0.1, -0.05) is 98.8 Å². The van der Waals surface area contributed by atoms with Gasteiger partial charge in [0.15, 0.2) is 0 Å². The van der Waals surface area contributed by atoms with Gasteiger partial charge in [0.05, 0.1) is 43.3 Å². The molecular weight excluding hydrogens is 766 g/mol. The topological polar surface area (TPSA) is 145 Å². The van der Waals surface area contributed by atoms with Gasteiger partial charge in [0.2, 0.25) is 5.91 Å². The monoisotopic (exact) mass is 822 g/mol. The summed E-state index contributed by atoms with van der Waals surface area (Å²) >= 11 is 0. The van der Waals surface area contributed by atoms with Gasteiger partial charge in [-0.15, -0.1) is 0 Å². The standard InChI is InChI=1S/C46H56BN2O9P/c1-44(2,3)56-43(51)36-20-14-19-33(41(36)53-7)25-39(47-57-38-27-34-26-37(45(34,4)5)46(38,6)58-47)49-42(50)40(48)32-21-23-35(24-22-32)59(52,54-28-30-15-10-8-11-16-30)55-29-31-17-12-9-13-18-31/h8-24,34,37-40H,25-29,48H2,1-7H3,(H,49,50)/t34-,37-,38+,39-,40?,46-/m0/s1. The number of esters is 1. The summed E-state index contributed by atoms with van der Waals surface area (Å²) in [7, 11) is -3.13. The average Bonchev–Trinajstić information content (AvgIpc) is 3.59. The highest BCUT2D eigenvalue weighted by atomic mass is 31.2. The van der Waals surface area contributed by atoms with Crippen LogP contribution in [0, 0.1) is 17.3 Å². The van der Waals surface area contributed by atoms with Crippen LogP contribution in [-0.2, 0) is 52.1 Å². The third-order valence-electron chi connectivity index (χ3n) is 12.3. The van der Waals surface area contributed by atoms with Crippen LogP contribution >= 0.6 is 7.60 Å². The number of amides is 1. The molecule has 1 saturated heterocycles. The quantitative estimate of drug-likeness (QED) is 0.0690. The molecule has 59 heavy (non-hydrogen) atoms. The van der Waals surface area contributed by atoms with Gasteiger partial charge in [0.1, 0.15) is 23.0 Å². The minimum atomic E-state index is -3.83. The molecule has 11 nitrogen and oxygen atoms in total. The molecule has 3 N–H and O–H groups in total. The van der Waals surface area contributed by atoms with Gasteiger partial charge in [-0.2, -0.15) is 0 Å². The summed E-state index contributed by atoms with van der Waals surface area (Å²) in [5.74, 6) is -0.515. The van der Waals surface area contributed by atoms with Crippen molar-refractivity contribution in [2.45, 2.75) is 103 Å². The van der Waals surface area contributed by atoms with Crippen molar-refractivity contribution in [2.24, 2.45) is 23.0 Å². The number of para-hydroxylation sites is 1. The van der Waals surface area contributed by atoms with Crippen LogP contribution in [0.5, 0.6) is 5.75 Å². The summed E-state index contributed by atoms with van der Waals surface area (Å²) in [6.07, 6.45) is 2.02. The summed E-state index contributed by atoms with van der Waals surface area (Å²) in [6.45, 7) is 12.3. The van der Waals surface area contributed by atoms with E-state index in [2.05, 4.69) is 26.1 Å². The van der Waals surface area contributed by atoms with Crippen LogP contribution in [0.15, 0.2) is 103 Å². The van der Waals surface area contributed by atoms with Crippen molar-refractivity contribution < 1.29 is 42.0 Å². The van der Waals surface area contributed by atoms with Crippen LogP contribution in [0.25, 0.3) is 0 Å². The van der Waals surface area contributed by atoms with Crippen LogP contribution in [0.3, 0.4) is 0 Å². The maximum absolute atomic E-state index is 14.4. The van der Waals surface area contributed by atoms with Gasteiger partial charge in [0.25, 0.3) is 0 Å². The van der Waals surface area contributed by atoms with Gasteiger partial charge in [-0.25, -0.2) is 4.79 Å². The van der Waals surface area contributed by atoms with Crippen molar-refractivity contribution >= 4 is 31.9 Å². The molecule has 1 heterocycles. The third-order valence-corrected chi connectivity index (χ3v) is 14.2. The summed E-state index contributed by atoms with van der Waals surface area (Å²) in [5, 5.41) is 3.49. The summed E-state index contributed by atoms with van der Waals surface area (Å²) in [6, 6.07) is 29.7. The molecule has 3 aliphatic carbocycles. The van der Waals surface area contributed by atoms with E-state index in [0.717, 1.165) is 24.0 Å². The fraction of sp³-hybridized carbons (Fsp3) is 0.435. The number of carbonyl (C=O) groups excluding carboxylic acids is 2. The van der Waals surface area contributed by atoms with E-state index in [1.54, 1.807) is 36.4 Å². The Balaban J connectivity index is 1.13. The molecule has 4 aromatic carbocycles. The van der Waals surface area contributed by atoms with E-state index in [0.29, 0.717) is 34.0 Å². The molecule has 1 aliphatic heterocycles. The predicted octanol–water partition coefficient (Wildman–Crippen LogP) is 7.90. The molecule has 0 aromatic heterocycles. The van der Waals surface area contributed by atoms with Gasteiger partial charge in [0, 0.05) is 0 Å². The zero-order chi connectivity index (χ0) is 42.2. The normalized spacial score (nSPS) is 23.1. The lowest BCUT2D eigenvalue weighted by Gasteiger charge is -2.64. The Kier molecular flexibility index (Phi) is 12.3. The molecule has 8 rings (SSSR count). The highest BCUT2D eigenvalue weighted by Gasteiger charge is 2.68. The molecule has 312 valence electrons. The van der Waals surface area contributed by atoms with Crippen molar-refractivity contribution in [1.82, 2.24) is 5.32 Å². The Morgan fingerprint density at radius 1 is 0.881 bits per heavy atom. The van der Waals surface area contributed by atoms with E-state index in [1.165, 1.54) is 7.11 Å². The van der Waals surface area contributed by atoms with Crippen molar-refractivity contribution in [2.75, 3.05) is 7.11 Å². The number of rotatable bonds is 15. The lowest BCUT2D eigenvalue weighted by molar-refractivity contribution is -0.199. The number of nitrogens with two attached hydrogens (primary N) is 1. The molecule has 6 atom stereocenters. The Hall–Kier alpha value is -4.29. The molecule has 0 spiro atoms. The number of hydrogen-bond acceptors (Lipinski definition) is 10. The van der Waals surface area contributed by atoms with E-state index < -0.39 is 49.8 Å². The van der Waals surface area contributed by atoms with E-state index in [9.17, 15) is 14.2 Å². The second-order valence-corrected chi connectivity index (χ2v) is 19.8. The number of carbonyl (C=O) groups is 2. The molecular formula is C46H56BN2O9P. The highest BCUT2D eigenvalue weighted by Crippen LogP contribution is 2.65. The molecule has 0 radical (unpaired) electrons. The average molecular weight is 823 g/mol. The first kappa shape index (κ1) is 42.8. The van der Waals surface area contributed by atoms with Gasteiger partial charge in [-0.05, 0) is 105 Å². The first-order valence-electron chi connectivity index (χ1n) is 20.4. The number of methoxy groups -OCH3 is 1. The van der Waals surface area contributed by atoms with E-state index in [-0.39, 0.29) is 36.7 Å². The maximum Gasteiger partial charge on any atom is 0.482 e. The Labute approximate surface area is 348 Å². The second-order valence-electron chi connectivity index (χ2n) is 17.7. The minimum Gasteiger partial charge on any atom is -0.496 e. The summed E-state index contributed by atoms with van der Waals surface area (Å²) < 4.78 is 51.5. The van der Waals surface area contributed by atoms with Crippen LogP contribution < -0.4 is 21.1 Å². The minimum absolute atomic E-state index is 0.0769. The van der Waals surface area contributed by atoms with Crippen molar-refractivity contribution in [1.29, 1.82) is 0 Å². The largest absolute Gasteiger partial charge is 0.496 e. The molecule has 1 unspecified atom stereocenters. The molecule has 4 aromatic rings. The Bertz CT molecular complexity index is 2120. The van der Waals surface area contributed by atoms with Gasteiger partial charge < -0.3 is 38.9 Å². The van der Waals surface area contributed by atoms with Crippen LogP contribution in [0.1, 0.15) is 93.0 Å². The smallest absolute Gasteiger partial charge is 0.482 e. The molecule has 3 saturated carbocycles. The molecule has 4 aliphatic rings. The van der Waals surface area contributed by atoms with Gasteiger partial charge in [-0.3, -0.25) is 9.36 Å². The lowest BCUT2D eigenvalue weighted by atomic mass is 9.43. The lowest BCUT2D eigenvalue weighted by Crippen LogP contribution is -2.65. The maximum atomic E-state index is 14.4. The van der Waals surface area contributed by atoms with E-state index in [4.69, 9.17) is 33.6 Å². The predicted molar refractivity (Wildman–Crippen MR) is 227 cm³/mol. The van der Waals surface area contributed by atoms with Crippen molar-refractivity contribution in [3.63, 3.8) is 0 Å². The van der Waals surface area contributed by atoms with E-state index >= 15 is 0 Å². The first-order chi connectivity index (χ1) is 28.0. The summed E-state index contributed by atoms with van der Waals surface area (Å²) in [4.78, 5) is 27.5. The number of hydrogen-bond donors (Lipinski definition) is 2. The second kappa shape index (κ2) is 17.0. The van der Waals surface area contributed by atoms with Crippen molar-refractivity contribution in [3.05, 3.63) is 131 Å². The zero-order valence-corrected chi connectivity index (χ0v) is 35.9.